The number of aliphatic hydroxyl groups is 1. The molecule has 1 spiro atoms. The summed E-state index contributed by atoms with van der Waals surface area (Å²) in [5, 5.41) is 10.4. The largest absolute Gasteiger partial charge is 0.394 e. The predicted octanol–water partition coefficient (Wildman–Crippen LogP) is 4.18. The van der Waals surface area contributed by atoms with Gasteiger partial charge >= 0.3 is 0 Å². The van der Waals surface area contributed by atoms with Gasteiger partial charge in [-0.1, -0.05) is 41.9 Å². The molecule has 1 aromatic rings. The van der Waals surface area contributed by atoms with Crippen LogP contribution < -0.4 is 9.80 Å². The maximum Gasteiger partial charge on any atom is 0.251 e. The SMILES string of the molecule is C=CCN(C)C(=O)[C@H]1[C@H]2C(=O)N([C@@H](CO)C(C)C)C(C(=O)N(CC=C)c3ccc(N(CC)CC)cc3)C23CC(Br)[C@@H]1S3. The molecule has 2 bridgehead atoms. The fourth-order valence-electron chi connectivity index (χ4n) is 7.18. The molecule has 230 valence electrons. The average molecular weight is 662 g/mol. The van der Waals surface area contributed by atoms with E-state index in [1.165, 1.54) is 0 Å². The number of alkyl halides is 1. The molecule has 3 aliphatic rings. The molecular formula is C32H45BrN4O4S. The van der Waals surface area contributed by atoms with Crippen molar-refractivity contribution in [3.63, 3.8) is 0 Å². The van der Waals surface area contributed by atoms with Crippen molar-refractivity contribution in [2.45, 2.75) is 61.0 Å². The fraction of sp³-hybridized carbons (Fsp3) is 0.594. The Bertz CT molecular complexity index is 1190. The number of benzene rings is 1. The summed E-state index contributed by atoms with van der Waals surface area (Å²) in [4.78, 5) is 50.3. The summed E-state index contributed by atoms with van der Waals surface area (Å²) in [5.41, 5.74) is 1.79. The second-order valence-corrected chi connectivity index (χ2v) is 14.6. The summed E-state index contributed by atoms with van der Waals surface area (Å²) >= 11 is 5.45. The highest BCUT2D eigenvalue weighted by Crippen LogP contribution is 2.68. The Morgan fingerprint density at radius 2 is 1.71 bits per heavy atom. The zero-order valence-corrected chi connectivity index (χ0v) is 27.8. The van der Waals surface area contributed by atoms with Crippen LogP contribution in [0.1, 0.15) is 34.1 Å². The minimum Gasteiger partial charge on any atom is -0.394 e. The molecule has 42 heavy (non-hydrogen) atoms. The highest BCUT2D eigenvalue weighted by molar-refractivity contribution is 9.09. The molecule has 7 atom stereocenters. The van der Waals surface area contributed by atoms with E-state index in [-0.39, 0.29) is 46.9 Å². The van der Waals surface area contributed by atoms with E-state index < -0.39 is 28.7 Å². The Morgan fingerprint density at radius 3 is 2.24 bits per heavy atom. The fourth-order valence-corrected chi connectivity index (χ4v) is 10.8. The van der Waals surface area contributed by atoms with Gasteiger partial charge < -0.3 is 24.7 Å². The number of nitrogens with zero attached hydrogens (tertiary/aromatic N) is 4. The van der Waals surface area contributed by atoms with E-state index in [1.54, 1.807) is 45.7 Å². The molecule has 3 unspecified atom stereocenters. The third kappa shape index (κ3) is 5.32. The van der Waals surface area contributed by atoms with Crippen molar-refractivity contribution in [2.75, 3.05) is 49.6 Å². The molecule has 3 amide bonds. The smallest absolute Gasteiger partial charge is 0.251 e. The van der Waals surface area contributed by atoms with Gasteiger partial charge in [0.1, 0.15) is 6.04 Å². The molecule has 10 heteroatoms. The van der Waals surface area contributed by atoms with Gasteiger partial charge in [0.25, 0.3) is 5.91 Å². The van der Waals surface area contributed by atoms with E-state index in [4.69, 9.17) is 0 Å². The van der Waals surface area contributed by atoms with Crippen LogP contribution in [0.25, 0.3) is 0 Å². The molecule has 3 heterocycles. The van der Waals surface area contributed by atoms with Crippen LogP contribution in [-0.2, 0) is 14.4 Å². The van der Waals surface area contributed by atoms with Crippen molar-refractivity contribution in [2.24, 2.45) is 17.8 Å². The number of rotatable bonds is 13. The molecule has 0 aliphatic carbocycles. The van der Waals surface area contributed by atoms with Crippen LogP contribution in [0.15, 0.2) is 49.6 Å². The van der Waals surface area contributed by atoms with Crippen molar-refractivity contribution in [3.8, 4) is 0 Å². The number of halogens is 1. The van der Waals surface area contributed by atoms with Gasteiger partial charge in [-0.05, 0) is 50.5 Å². The molecule has 8 nitrogen and oxygen atoms in total. The average Bonchev–Trinajstić information content (AvgIpc) is 3.56. The maximum atomic E-state index is 14.9. The quantitative estimate of drug-likeness (QED) is 0.253. The lowest BCUT2D eigenvalue weighted by Gasteiger charge is -2.41. The summed E-state index contributed by atoms with van der Waals surface area (Å²) in [6.07, 6.45) is 3.95. The number of anilines is 2. The number of amides is 3. The Labute approximate surface area is 263 Å². The third-order valence-corrected chi connectivity index (χ3v) is 12.4. The molecule has 0 aromatic heterocycles. The number of likely N-dealkylation sites (tertiary alicyclic amines) is 1. The monoisotopic (exact) mass is 660 g/mol. The standard InChI is InChI=1S/C32H45BrN4O4S/c1-8-16-34(7)29(39)25-26-30(40)37(24(19-38)20(5)6)28(32(26)18-23(33)27(25)42-32)31(41)36(17-9-2)22-14-12-21(13-15-22)35(10-3)11-4/h8-9,12-15,20,23-28,38H,1-2,10-11,16-19H2,3-7H3/t23?,24-,25-,26-,27-,28?,32?/m0/s1. The van der Waals surface area contributed by atoms with Crippen LogP contribution in [0.4, 0.5) is 11.4 Å². The Balaban J connectivity index is 1.82. The number of carbonyl (C=O) groups excluding carboxylic acids is 3. The van der Waals surface area contributed by atoms with Crippen LogP contribution >= 0.6 is 27.7 Å². The molecular weight excluding hydrogens is 616 g/mol. The first kappa shape index (κ1) is 32.6. The number of aliphatic hydroxyl groups excluding tert-OH is 1. The topological polar surface area (TPSA) is 84.4 Å². The molecule has 0 radical (unpaired) electrons. The molecule has 3 fully saturated rings. The number of hydrogen-bond donors (Lipinski definition) is 1. The van der Waals surface area contributed by atoms with Crippen LogP contribution in [0.3, 0.4) is 0 Å². The van der Waals surface area contributed by atoms with Crippen LogP contribution in [0, 0.1) is 17.8 Å². The Hall–Kier alpha value is -2.30. The van der Waals surface area contributed by atoms with E-state index in [1.807, 2.05) is 38.1 Å². The van der Waals surface area contributed by atoms with Gasteiger partial charge in [-0.25, -0.2) is 0 Å². The number of carbonyl (C=O) groups is 3. The maximum absolute atomic E-state index is 14.9. The zero-order chi connectivity index (χ0) is 30.9. The first-order chi connectivity index (χ1) is 20.0. The molecule has 0 saturated carbocycles. The molecule has 3 saturated heterocycles. The van der Waals surface area contributed by atoms with Crippen LogP contribution in [0.5, 0.6) is 0 Å². The summed E-state index contributed by atoms with van der Waals surface area (Å²) in [6.45, 7) is 17.9. The van der Waals surface area contributed by atoms with Gasteiger partial charge in [-0.15, -0.1) is 24.9 Å². The molecule has 1 N–H and O–H groups in total. The van der Waals surface area contributed by atoms with Gasteiger partial charge in [0.2, 0.25) is 11.8 Å². The van der Waals surface area contributed by atoms with Gasteiger partial charge in [-0.2, -0.15) is 0 Å². The summed E-state index contributed by atoms with van der Waals surface area (Å²) in [6, 6.07) is 6.53. The van der Waals surface area contributed by atoms with Gasteiger partial charge in [0, 0.05) is 54.7 Å². The molecule has 4 rings (SSSR count). The van der Waals surface area contributed by atoms with Gasteiger partial charge in [0.05, 0.1) is 29.2 Å². The normalized spacial score (nSPS) is 28.5. The van der Waals surface area contributed by atoms with Crippen molar-refractivity contribution in [3.05, 3.63) is 49.6 Å². The second kappa shape index (κ2) is 13.1. The van der Waals surface area contributed by atoms with Gasteiger partial charge in [0.15, 0.2) is 0 Å². The van der Waals surface area contributed by atoms with Crippen molar-refractivity contribution in [1.82, 2.24) is 9.80 Å². The number of likely N-dealkylation sites (N-methyl/N-ethyl adjacent to an activating group) is 1. The van der Waals surface area contributed by atoms with Gasteiger partial charge in [-0.3, -0.25) is 14.4 Å². The lowest BCUT2D eigenvalue weighted by molar-refractivity contribution is -0.145. The van der Waals surface area contributed by atoms with Crippen molar-refractivity contribution < 1.29 is 19.5 Å². The number of hydrogen-bond acceptors (Lipinski definition) is 6. The number of thioether (sulfide) groups is 1. The lowest BCUT2D eigenvalue weighted by atomic mass is 9.70. The van der Waals surface area contributed by atoms with Crippen molar-refractivity contribution in [1.29, 1.82) is 0 Å². The second-order valence-electron chi connectivity index (χ2n) is 11.8. The summed E-state index contributed by atoms with van der Waals surface area (Å²) in [7, 11) is 1.73. The van der Waals surface area contributed by atoms with E-state index >= 15 is 0 Å². The van der Waals surface area contributed by atoms with E-state index in [0.29, 0.717) is 13.0 Å². The van der Waals surface area contributed by atoms with E-state index in [9.17, 15) is 19.5 Å². The predicted molar refractivity (Wildman–Crippen MR) is 175 cm³/mol. The summed E-state index contributed by atoms with van der Waals surface area (Å²) < 4.78 is -0.800. The Morgan fingerprint density at radius 1 is 1.12 bits per heavy atom. The zero-order valence-electron chi connectivity index (χ0n) is 25.4. The van der Waals surface area contributed by atoms with Crippen LogP contribution in [0.2, 0.25) is 0 Å². The minimum atomic E-state index is -0.838. The van der Waals surface area contributed by atoms with E-state index in [0.717, 1.165) is 24.5 Å². The highest BCUT2D eigenvalue weighted by atomic mass is 79.9. The Kier molecular flexibility index (Phi) is 10.2. The van der Waals surface area contributed by atoms with E-state index in [2.05, 4.69) is 47.8 Å². The first-order valence-electron chi connectivity index (χ1n) is 14.9. The lowest BCUT2D eigenvalue weighted by Crippen LogP contribution is -2.59. The molecule has 3 aliphatic heterocycles. The first-order valence-corrected chi connectivity index (χ1v) is 16.7. The molecule has 1 aromatic carbocycles. The minimum absolute atomic E-state index is 0.0271. The van der Waals surface area contributed by atoms with Crippen LogP contribution in [-0.4, -0.2) is 99.4 Å². The third-order valence-electron chi connectivity index (χ3n) is 9.21. The highest BCUT2D eigenvalue weighted by Gasteiger charge is 2.76. The van der Waals surface area contributed by atoms with Crippen molar-refractivity contribution >= 4 is 56.8 Å². The number of fused-ring (bicyclic) bond motifs is 1. The summed E-state index contributed by atoms with van der Waals surface area (Å²) in [5.74, 6) is -1.84.